The zero-order chi connectivity index (χ0) is 17.6. The zero-order valence-corrected chi connectivity index (χ0v) is 16.2. The largest absolute Gasteiger partial charge is 0.350 e. The van der Waals surface area contributed by atoms with Crippen LogP contribution in [0.1, 0.15) is 40.4 Å². The highest BCUT2D eigenvalue weighted by Gasteiger charge is 2.24. The number of rotatable bonds is 6. The molecule has 1 heterocycles. The Balaban J connectivity index is 0.00000243. The van der Waals surface area contributed by atoms with Crippen molar-refractivity contribution in [1.82, 2.24) is 10.2 Å². The first-order valence-electron chi connectivity index (χ1n) is 8.74. The third kappa shape index (κ3) is 5.21. The minimum Gasteiger partial charge on any atom is -0.350 e. The molecule has 0 aliphatic carbocycles. The minimum absolute atomic E-state index is 0. The van der Waals surface area contributed by atoms with Gasteiger partial charge in [-0.3, -0.25) is 9.69 Å². The maximum Gasteiger partial charge on any atom is 0.251 e. The molecular weight excluding hydrogens is 369 g/mol. The van der Waals surface area contributed by atoms with Gasteiger partial charge in [0.1, 0.15) is 0 Å². The van der Waals surface area contributed by atoms with E-state index in [1.165, 1.54) is 12.8 Å². The molecule has 1 saturated heterocycles. The van der Waals surface area contributed by atoms with Crippen LogP contribution in [-0.2, 0) is 6.54 Å². The van der Waals surface area contributed by atoms with Crippen LogP contribution in [0.25, 0.3) is 0 Å². The molecule has 2 aromatic rings. The van der Waals surface area contributed by atoms with E-state index in [2.05, 4.69) is 16.3 Å². The fraction of sp³-hybridized carbons (Fsp3) is 0.350. The lowest BCUT2D eigenvalue weighted by molar-refractivity contribution is 0.0938. The quantitative estimate of drug-likeness (QED) is 0.784. The predicted octanol–water partition coefficient (Wildman–Crippen LogP) is 3.79. The lowest BCUT2D eigenvalue weighted by Crippen LogP contribution is -2.36. The number of benzene rings is 2. The first kappa shape index (κ1) is 20.7. The number of nitrogens with zero attached hydrogens (tertiary/aromatic N) is 1. The van der Waals surface area contributed by atoms with Crippen molar-refractivity contribution < 1.29 is 4.79 Å². The van der Waals surface area contributed by atoms with Crippen LogP contribution in [-0.4, -0.2) is 30.4 Å². The van der Waals surface area contributed by atoms with E-state index in [-0.39, 0.29) is 24.4 Å². The lowest BCUT2D eigenvalue weighted by Gasteiger charge is -2.28. The maximum atomic E-state index is 12.5. The summed E-state index contributed by atoms with van der Waals surface area (Å²) in [5.41, 5.74) is 8.43. The zero-order valence-electron chi connectivity index (χ0n) is 14.7. The molecule has 1 aliphatic rings. The van der Waals surface area contributed by atoms with Gasteiger partial charge in [0.15, 0.2) is 0 Å². The van der Waals surface area contributed by atoms with Crippen molar-refractivity contribution in [3.8, 4) is 0 Å². The van der Waals surface area contributed by atoms with Crippen LogP contribution in [0.2, 0.25) is 5.02 Å². The fourth-order valence-corrected chi connectivity index (χ4v) is 3.51. The summed E-state index contributed by atoms with van der Waals surface area (Å²) in [7, 11) is 0. The van der Waals surface area contributed by atoms with Crippen molar-refractivity contribution in [2.24, 2.45) is 5.73 Å². The Hall–Kier alpha value is -1.59. The number of likely N-dealkylation sites (tertiary alicyclic amines) is 1. The number of amides is 1. The third-order valence-electron chi connectivity index (χ3n) is 4.72. The van der Waals surface area contributed by atoms with Crippen LogP contribution in [0.5, 0.6) is 0 Å². The second-order valence-electron chi connectivity index (χ2n) is 6.42. The van der Waals surface area contributed by atoms with Gasteiger partial charge in [0.05, 0.1) is 6.04 Å². The standard InChI is InChI=1S/C20H24ClN3O.ClH/c21-18-5-3-4-17(12-18)19(24-10-1-2-11-24)14-23-20(25)16-8-6-15(13-22)7-9-16;/h3-9,12,19H,1-2,10-11,13-14,22H2,(H,23,25);1H. The van der Waals surface area contributed by atoms with E-state index in [1.807, 2.05) is 42.5 Å². The monoisotopic (exact) mass is 393 g/mol. The Morgan fingerprint density at radius 1 is 1.15 bits per heavy atom. The van der Waals surface area contributed by atoms with Gasteiger partial charge in [-0.1, -0.05) is 35.9 Å². The molecule has 0 saturated carbocycles. The summed E-state index contributed by atoms with van der Waals surface area (Å²) < 4.78 is 0. The van der Waals surface area contributed by atoms with Crippen molar-refractivity contribution in [3.05, 3.63) is 70.2 Å². The highest BCUT2D eigenvalue weighted by atomic mass is 35.5. The number of carbonyl (C=O) groups excluding carboxylic acids is 1. The van der Waals surface area contributed by atoms with Gasteiger partial charge in [-0.25, -0.2) is 0 Å². The first-order chi connectivity index (χ1) is 12.2. The van der Waals surface area contributed by atoms with Gasteiger partial charge in [-0.05, 0) is 61.3 Å². The van der Waals surface area contributed by atoms with Gasteiger partial charge in [0.2, 0.25) is 0 Å². The molecule has 0 aromatic heterocycles. The van der Waals surface area contributed by atoms with Crippen LogP contribution < -0.4 is 11.1 Å². The lowest BCUT2D eigenvalue weighted by atomic mass is 10.0. The maximum absolute atomic E-state index is 12.5. The van der Waals surface area contributed by atoms with Crippen LogP contribution in [0.4, 0.5) is 0 Å². The number of halogens is 2. The van der Waals surface area contributed by atoms with E-state index in [1.54, 1.807) is 0 Å². The van der Waals surface area contributed by atoms with E-state index in [4.69, 9.17) is 17.3 Å². The molecule has 3 rings (SSSR count). The predicted molar refractivity (Wildman–Crippen MR) is 109 cm³/mol. The molecule has 2 aromatic carbocycles. The average molecular weight is 394 g/mol. The third-order valence-corrected chi connectivity index (χ3v) is 4.96. The summed E-state index contributed by atoms with van der Waals surface area (Å²) in [5.74, 6) is -0.0604. The van der Waals surface area contributed by atoms with Crippen molar-refractivity contribution in [1.29, 1.82) is 0 Å². The number of carbonyl (C=O) groups is 1. The van der Waals surface area contributed by atoms with E-state index < -0.39 is 0 Å². The van der Waals surface area contributed by atoms with Gasteiger partial charge < -0.3 is 11.1 Å². The SMILES string of the molecule is Cl.NCc1ccc(C(=O)NCC(c2cccc(Cl)c2)N2CCCC2)cc1. The van der Waals surface area contributed by atoms with Crippen molar-refractivity contribution >= 4 is 29.9 Å². The molecule has 0 bridgehead atoms. The number of hydrogen-bond donors (Lipinski definition) is 2. The summed E-state index contributed by atoms with van der Waals surface area (Å²) in [6.07, 6.45) is 2.40. The molecule has 0 spiro atoms. The Labute approximate surface area is 166 Å². The summed E-state index contributed by atoms with van der Waals surface area (Å²) in [6.45, 7) is 3.15. The van der Waals surface area contributed by atoms with Gasteiger partial charge in [-0.2, -0.15) is 0 Å². The Bertz CT molecular complexity index is 715. The van der Waals surface area contributed by atoms with E-state index >= 15 is 0 Å². The second kappa shape index (κ2) is 9.93. The molecule has 1 aliphatic heterocycles. The molecule has 26 heavy (non-hydrogen) atoms. The van der Waals surface area contributed by atoms with Crippen LogP contribution in [0.3, 0.4) is 0 Å². The summed E-state index contributed by atoms with van der Waals surface area (Å²) in [4.78, 5) is 14.9. The first-order valence-corrected chi connectivity index (χ1v) is 9.12. The topological polar surface area (TPSA) is 58.4 Å². The Kier molecular flexibility index (Phi) is 7.91. The van der Waals surface area contributed by atoms with Gasteiger partial charge in [0.25, 0.3) is 5.91 Å². The highest BCUT2D eigenvalue weighted by molar-refractivity contribution is 6.30. The molecule has 0 radical (unpaired) electrons. The summed E-state index contributed by atoms with van der Waals surface area (Å²) in [5, 5.41) is 3.80. The molecule has 6 heteroatoms. The fourth-order valence-electron chi connectivity index (χ4n) is 3.31. The smallest absolute Gasteiger partial charge is 0.251 e. The van der Waals surface area contributed by atoms with Gasteiger partial charge in [-0.15, -0.1) is 12.4 Å². The van der Waals surface area contributed by atoms with Gasteiger partial charge >= 0.3 is 0 Å². The van der Waals surface area contributed by atoms with Crippen molar-refractivity contribution in [3.63, 3.8) is 0 Å². The van der Waals surface area contributed by atoms with Crippen molar-refractivity contribution in [2.75, 3.05) is 19.6 Å². The van der Waals surface area contributed by atoms with Crippen LogP contribution in [0.15, 0.2) is 48.5 Å². The summed E-state index contributed by atoms with van der Waals surface area (Å²) in [6, 6.07) is 15.5. The summed E-state index contributed by atoms with van der Waals surface area (Å²) >= 11 is 6.17. The van der Waals surface area contributed by atoms with Gasteiger partial charge in [0, 0.05) is 23.7 Å². The molecule has 4 nitrogen and oxygen atoms in total. The average Bonchev–Trinajstić information content (AvgIpc) is 3.16. The number of nitrogens with two attached hydrogens (primary N) is 1. The Morgan fingerprint density at radius 2 is 1.85 bits per heavy atom. The highest BCUT2D eigenvalue weighted by Crippen LogP contribution is 2.26. The second-order valence-corrected chi connectivity index (χ2v) is 6.86. The number of nitrogens with one attached hydrogen (secondary N) is 1. The van der Waals surface area contributed by atoms with Crippen LogP contribution >= 0.6 is 24.0 Å². The van der Waals surface area contributed by atoms with E-state index in [0.29, 0.717) is 18.7 Å². The van der Waals surface area contributed by atoms with E-state index in [9.17, 15) is 4.79 Å². The number of hydrogen-bond acceptors (Lipinski definition) is 3. The minimum atomic E-state index is -0.0604. The van der Waals surface area contributed by atoms with Crippen molar-refractivity contribution in [2.45, 2.75) is 25.4 Å². The molecule has 1 amide bonds. The van der Waals surface area contributed by atoms with E-state index in [0.717, 1.165) is 29.2 Å². The molecule has 3 N–H and O–H groups in total. The normalized spacial score (nSPS) is 15.3. The van der Waals surface area contributed by atoms with Crippen LogP contribution in [0, 0.1) is 0 Å². The Morgan fingerprint density at radius 3 is 2.46 bits per heavy atom. The molecule has 140 valence electrons. The molecule has 1 fully saturated rings. The molecule has 1 atom stereocenters. The molecular formula is C20H25Cl2N3O. The molecule has 1 unspecified atom stereocenters.